The molecule has 0 fully saturated rings. The van der Waals surface area contributed by atoms with Crippen molar-refractivity contribution in [3.05, 3.63) is 6.20 Å². The van der Waals surface area contributed by atoms with Crippen molar-refractivity contribution in [3.8, 4) is 0 Å². The third kappa shape index (κ3) is 1.28. The lowest BCUT2D eigenvalue weighted by molar-refractivity contribution is 0.308. The van der Waals surface area contributed by atoms with Gasteiger partial charge in [0.1, 0.15) is 6.20 Å². The summed E-state index contributed by atoms with van der Waals surface area (Å²) in [5.41, 5.74) is 0. The van der Waals surface area contributed by atoms with Crippen molar-refractivity contribution >= 4 is 11.8 Å². The number of aromatic nitrogens is 2. The monoisotopic (exact) mass is 153 g/mol. The predicted octanol–water partition coefficient (Wildman–Crippen LogP) is -0.559. The van der Waals surface area contributed by atoms with Crippen LogP contribution in [-0.4, -0.2) is 29.4 Å². The van der Waals surface area contributed by atoms with Crippen molar-refractivity contribution in [2.75, 3.05) is 18.4 Å². The van der Waals surface area contributed by atoms with Crippen LogP contribution in [0.25, 0.3) is 0 Å². The van der Waals surface area contributed by atoms with Gasteiger partial charge in [-0.3, -0.25) is 4.99 Å². The summed E-state index contributed by atoms with van der Waals surface area (Å²) in [6.45, 7) is 1.67. The van der Waals surface area contributed by atoms with Crippen LogP contribution >= 0.6 is 0 Å². The Labute approximate surface area is 62.7 Å². The number of nitrogens with one attached hydrogen (secondary N) is 2. The van der Waals surface area contributed by atoms with Crippen molar-refractivity contribution in [2.24, 2.45) is 4.99 Å². The molecule has 0 unspecified atom stereocenters. The second kappa shape index (κ2) is 2.57. The van der Waals surface area contributed by atoms with Crippen molar-refractivity contribution in [1.29, 1.82) is 0 Å². The van der Waals surface area contributed by atoms with Crippen LogP contribution < -0.4 is 10.6 Å². The molecule has 6 heteroatoms. The number of anilines is 1. The normalized spacial score (nSPS) is 15.8. The van der Waals surface area contributed by atoms with E-state index in [4.69, 9.17) is 0 Å². The molecule has 0 aromatic carbocycles. The highest BCUT2D eigenvalue weighted by atomic mass is 16.6. The van der Waals surface area contributed by atoms with Crippen molar-refractivity contribution in [1.82, 2.24) is 15.6 Å². The Morgan fingerprint density at radius 1 is 1.64 bits per heavy atom. The molecule has 1 aliphatic heterocycles. The van der Waals surface area contributed by atoms with Crippen LogP contribution in [0.15, 0.2) is 15.8 Å². The second-order valence-corrected chi connectivity index (χ2v) is 2.07. The molecule has 0 radical (unpaired) electrons. The van der Waals surface area contributed by atoms with E-state index in [0.717, 1.165) is 19.0 Å². The Kier molecular flexibility index (Phi) is 1.43. The summed E-state index contributed by atoms with van der Waals surface area (Å²) in [6.07, 6.45) is 1.49. The molecule has 1 aromatic heterocycles. The average molecular weight is 153 g/mol. The number of nitrogens with zero attached hydrogens (tertiary/aromatic N) is 3. The third-order valence-corrected chi connectivity index (χ3v) is 1.28. The Bertz CT molecular complexity index is 254. The van der Waals surface area contributed by atoms with Crippen LogP contribution in [0.1, 0.15) is 0 Å². The first kappa shape index (κ1) is 6.14. The molecule has 2 rings (SSSR count). The van der Waals surface area contributed by atoms with Gasteiger partial charge in [-0.2, -0.15) is 0 Å². The molecular weight excluding hydrogens is 146 g/mol. The van der Waals surface area contributed by atoms with Gasteiger partial charge in [0.05, 0.1) is 6.54 Å². The maximum absolute atomic E-state index is 4.38. The Balaban J connectivity index is 2.00. The summed E-state index contributed by atoms with van der Waals surface area (Å²) in [7, 11) is 0. The highest BCUT2D eigenvalue weighted by molar-refractivity contribution is 5.93. The van der Waals surface area contributed by atoms with Gasteiger partial charge in [0.25, 0.3) is 0 Å². The van der Waals surface area contributed by atoms with E-state index in [1.54, 1.807) is 0 Å². The fourth-order valence-corrected chi connectivity index (χ4v) is 0.823. The first-order valence-electron chi connectivity index (χ1n) is 3.28. The van der Waals surface area contributed by atoms with E-state index in [0.29, 0.717) is 5.82 Å². The molecule has 11 heavy (non-hydrogen) atoms. The fraction of sp³-hybridized carbons (Fsp3) is 0.400. The number of aliphatic imine (C=N–C) groups is 1. The van der Waals surface area contributed by atoms with E-state index in [2.05, 4.69) is 30.6 Å². The van der Waals surface area contributed by atoms with E-state index in [1.165, 1.54) is 6.20 Å². The van der Waals surface area contributed by atoms with Crippen LogP contribution in [0.2, 0.25) is 0 Å². The maximum Gasteiger partial charge on any atom is 0.197 e. The molecule has 0 amide bonds. The Hall–Kier alpha value is -1.59. The van der Waals surface area contributed by atoms with Gasteiger partial charge in [-0.1, -0.05) is 5.16 Å². The topological polar surface area (TPSA) is 75.3 Å². The number of guanidine groups is 1. The first-order valence-corrected chi connectivity index (χ1v) is 3.28. The summed E-state index contributed by atoms with van der Waals surface area (Å²) in [6, 6.07) is 0. The van der Waals surface area contributed by atoms with Gasteiger partial charge in [0, 0.05) is 6.54 Å². The van der Waals surface area contributed by atoms with Gasteiger partial charge in [0.2, 0.25) is 0 Å². The van der Waals surface area contributed by atoms with Gasteiger partial charge in [-0.15, -0.1) is 0 Å². The molecule has 58 valence electrons. The van der Waals surface area contributed by atoms with Crippen LogP contribution in [0.4, 0.5) is 5.82 Å². The molecule has 0 saturated heterocycles. The summed E-state index contributed by atoms with van der Waals surface area (Å²) >= 11 is 0. The van der Waals surface area contributed by atoms with Crippen molar-refractivity contribution in [2.45, 2.75) is 0 Å². The minimum atomic E-state index is 0.568. The second-order valence-electron chi connectivity index (χ2n) is 2.07. The zero-order valence-electron chi connectivity index (χ0n) is 5.74. The molecule has 6 nitrogen and oxygen atoms in total. The van der Waals surface area contributed by atoms with Gasteiger partial charge < -0.3 is 10.6 Å². The zero-order chi connectivity index (χ0) is 7.52. The van der Waals surface area contributed by atoms with E-state index in [-0.39, 0.29) is 0 Å². The first-order chi connectivity index (χ1) is 5.45. The number of hydrogen-bond donors (Lipinski definition) is 2. The summed E-state index contributed by atoms with van der Waals surface area (Å²) < 4.78 is 4.38. The quantitative estimate of drug-likeness (QED) is 0.565. The third-order valence-electron chi connectivity index (χ3n) is 1.28. The Morgan fingerprint density at radius 2 is 2.64 bits per heavy atom. The molecule has 0 bridgehead atoms. The van der Waals surface area contributed by atoms with Crippen LogP contribution in [-0.2, 0) is 0 Å². The average Bonchev–Trinajstić information content (AvgIpc) is 2.60. The molecule has 0 atom stereocenters. The highest BCUT2D eigenvalue weighted by Gasteiger charge is 2.05. The molecule has 0 saturated carbocycles. The lowest BCUT2D eigenvalue weighted by Crippen LogP contribution is -2.26. The Morgan fingerprint density at radius 3 is 3.27 bits per heavy atom. The van der Waals surface area contributed by atoms with E-state index < -0.39 is 0 Å². The predicted molar refractivity (Wildman–Crippen MR) is 38.2 cm³/mol. The molecule has 1 aliphatic rings. The lowest BCUT2D eigenvalue weighted by atomic mass is 10.7. The molecule has 2 N–H and O–H groups in total. The van der Waals surface area contributed by atoms with Crippen molar-refractivity contribution < 1.29 is 4.63 Å². The van der Waals surface area contributed by atoms with Gasteiger partial charge in [0.15, 0.2) is 11.8 Å². The fourth-order valence-electron chi connectivity index (χ4n) is 0.823. The standard InChI is InChI=1S/C5H7N5O/c1-2-7-5(6-1)9-4-3-8-11-10-4/h3H,1-2H2,(H2,6,7,9,10). The SMILES string of the molecule is c1nonc1NC1=NCCN1. The lowest BCUT2D eigenvalue weighted by Gasteiger charge is -1.99. The van der Waals surface area contributed by atoms with E-state index in [1.807, 2.05) is 0 Å². The number of rotatable bonds is 1. The molecule has 0 aliphatic carbocycles. The minimum Gasteiger partial charge on any atom is -0.354 e. The van der Waals surface area contributed by atoms with Crippen molar-refractivity contribution in [3.63, 3.8) is 0 Å². The maximum atomic E-state index is 4.38. The highest BCUT2D eigenvalue weighted by Crippen LogP contribution is 1.98. The van der Waals surface area contributed by atoms with Gasteiger partial charge >= 0.3 is 0 Å². The molecule has 0 spiro atoms. The minimum absolute atomic E-state index is 0.568. The van der Waals surface area contributed by atoms with E-state index >= 15 is 0 Å². The number of hydrogen-bond acceptors (Lipinski definition) is 6. The van der Waals surface area contributed by atoms with Crippen LogP contribution in [0.3, 0.4) is 0 Å². The molecular formula is C5H7N5O. The van der Waals surface area contributed by atoms with E-state index in [9.17, 15) is 0 Å². The summed E-state index contributed by atoms with van der Waals surface area (Å²) in [5, 5.41) is 12.9. The largest absolute Gasteiger partial charge is 0.354 e. The summed E-state index contributed by atoms with van der Waals surface area (Å²) in [4.78, 5) is 4.10. The van der Waals surface area contributed by atoms with Crippen LogP contribution in [0.5, 0.6) is 0 Å². The molecule has 2 heterocycles. The van der Waals surface area contributed by atoms with Crippen LogP contribution in [0, 0.1) is 0 Å². The van der Waals surface area contributed by atoms with Gasteiger partial charge in [-0.25, -0.2) is 4.63 Å². The zero-order valence-corrected chi connectivity index (χ0v) is 5.74. The molecule has 1 aromatic rings. The summed E-state index contributed by atoms with van der Waals surface area (Å²) in [5.74, 6) is 1.29. The smallest absolute Gasteiger partial charge is 0.197 e. The van der Waals surface area contributed by atoms with Gasteiger partial charge in [-0.05, 0) is 5.16 Å².